The van der Waals surface area contributed by atoms with Gasteiger partial charge in [-0.15, -0.1) is 0 Å². The van der Waals surface area contributed by atoms with Crippen molar-refractivity contribution in [2.24, 2.45) is 0 Å². The van der Waals surface area contributed by atoms with Gasteiger partial charge >= 0.3 is 0 Å². The van der Waals surface area contributed by atoms with Crippen LogP contribution in [0.5, 0.6) is 0 Å². The van der Waals surface area contributed by atoms with E-state index in [1.807, 2.05) is 0 Å². The molecule has 0 fully saturated rings. The van der Waals surface area contributed by atoms with Crippen LogP contribution in [0.3, 0.4) is 0 Å². The molecule has 58 valence electrons. The summed E-state index contributed by atoms with van der Waals surface area (Å²) in [5.41, 5.74) is 0. The van der Waals surface area contributed by atoms with E-state index in [0.29, 0.717) is 0 Å². The van der Waals surface area contributed by atoms with Gasteiger partial charge < -0.3 is 4.74 Å². The molecule has 0 aliphatic carbocycles. The first-order valence-electron chi connectivity index (χ1n) is 3.95. The van der Waals surface area contributed by atoms with E-state index in [1.54, 1.807) is 6.92 Å². The predicted molar refractivity (Wildman–Crippen MR) is 43.5 cm³/mol. The lowest BCUT2D eigenvalue weighted by Gasteiger charge is -1.95. The molecule has 0 radical (unpaired) electrons. The number of unbranched alkanes of at least 4 members (excludes halogenated alkanes) is 3. The quantitative estimate of drug-likeness (QED) is 0.421. The molecule has 0 N–H and O–H groups in total. The lowest BCUT2D eigenvalue weighted by molar-refractivity contribution is 0.267. The summed E-state index contributed by atoms with van der Waals surface area (Å²) in [6, 6.07) is 0. The normalized spacial score (nSPS) is 8.20. The number of ether oxygens (including phenoxy) is 1. The lowest BCUT2D eigenvalue weighted by Crippen LogP contribution is -1.87. The summed E-state index contributed by atoms with van der Waals surface area (Å²) in [4.78, 5) is 0. The standard InChI is InChI=1S/C9H16O/c1-3-5-6-7-9-10-8-4-2/h3,5-7,9H2,1-2H3. The molecule has 0 aliphatic rings. The van der Waals surface area contributed by atoms with Crippen molar-refractivity contribution in [3.63, 3.8) is 0 Å². The molecule has 0 unspecified atom stereocenters. The number of hydrogen-bond donors (Lipinski definition) is 0. The molecular weight excluding hydrogens is 124 g/mol. The van der Waals surface area contributed by atoms with Crippen LogP contribution in [0.2, 0.25) is 0 Å². The Balaban J connectivity index is 2.82. The van der Waals surface area contributed by atoms with Gasteiger partial charge in [0.25, 0.3) is 0 Å². The van der Waals surface area contributed by atoms with Crippen molar-refractivity contribution in [3.05, 3.63) is 0 Å². The fourth-order valence-electron chi connectivity index (χ4n) is 0.724. The summed E-state index contributed by atoms with van der Waals surface area (Å²) in [5.74, 6) is 2.69. The van der Waals surface area contributed by atoms with Gasteiger partial charge in [-0.2, -0.15) is 0 Å². The average molecular weight is 140 g/mol. The topological polar surface area (TPSA) is 9.23 Å². The highest BCUT2D eigenvalue weighted by molar-refractivity contribution is 4.84. The molecule has 1 nitrogen and oxygen atoms in total. The van der Waals surface area contributed by atoms with Crippen molar-refractivity contribution >= 4 is 0 Å². The Labute approximate surface area is 63.8 Å². The molecule has 0 amide bonds. The molecule has 0 aromatic carbocycles. The summed E-state index contributed by atoms with van der Waals surface area (Å²) in [6.45, 7) is 4.78. The molecule has 0 aromatic rings. The molecule has 0 spiro atoms. The van der Waals surface area contributed by atoms with Gasteiger partial charge in [-0.25, -0.2) is 0 Å². The zero-order chi connectivity index (χ0) is 7.66. The smallest absolute Gasteiger partial charge is 0.109 e. The molecule has 0 rings (SSSR count). The van der Waals surface area contributed by atoms with E-state index in [4.69, 9.17) is 4.74 Å². The molecule has 0 heterocycles. The van der Waals surface area contributed by atoms with Gasteiger partial charge in [-0.3, -0.25) is 0 Å². The molecule has 0 saturated heterocycles. The Kier molecular flexibility index (Phi) is 7.82. The zero-order valence-electron chi connectivity index (χ0n) is 6.94. The first kappa shape index (κ1) is 9.36. The average Bonchev–Trinajstić information content (AvgIpc) is 1.97. The minimum Gasteiger partial charge on any atom is -0.447 e. The Morgan fingerprint density at radius 3 is 2.60 bits per heavy atom. The molecular formula is C9H16O. The van der Waals surface area contributed by atoms with Crippen LogP contribution in [0.4, 0.5) is 0 Å². The van der Waals surface area contributed by atoms with Crippen LogP contribution in [0.25, 0.3) is 0 Å². The van der Waals surface area contributed by atoms with Crippen LogP contribution >= 0.6 is 0 Å². The van der Waals surface area contributed by atoms with Gasteiger partial charge in [0.1, 0.15) is 12.7 Å². The molecule has 0 atom stereocenters. The van der Waals surface area contributed by atoms with E-state index in [-0.39, 0.29) is 0 Å². The van der Waals surface area contributed by atoms with Crippen molar-refractivity contribution in [2.45, 2.75) is 39.5 Å². The minimum atomic E-state index is 0.792. The highest BCUT2D eigenvalue weighted by Crippen LogP contribution is 1.97. The van der Waals surface area contributed by atoms with Crippen LogP contribution in [0, 0.1) is 12.0 Å². The summed E-state index contributed by atoms with van der Waals surface area (Å²) in [7, 11) is 0. The highest BCUT2D eigenvalue weighted by Gasteiger charge is 1.85. The van der Waals surface area contributed by atoms with E-state index in [2.05, 4.69) is 19.0 Å². The second-order valence-corrected chi connectivity index (χ2v) is 2.26. The van der Waals surface area contributed by atoms with Crippen molar-refractivity contribution < 1.29 is 4.74 Å². The van der Waals surface area contributed by atoms with Gasteiger partial charge in [-0.1, -0.05) is 32.1 Å². The maximum atomic E-state index is 4.97. The van der Waals surface area contributed by atoms with E-state index >= 15 is 0 Å². The molecule has 0 aromatic heterocycles. The zero-order valence-corrected chi connectivity index (χ0v) is 6.94. The van der Waals surface area contributed by atoms with Crippen LogP contribution < -0.4 is 0 Å². The Bertz CT molecular complexity index is 108. The van der Waals surface area contributed by atoms with Crippen molar-refractivity contribution in [3.8, 4) is 12.0 Å². The van der Waals surface area contributed by atoms with Crippen molar-refractivity contribution in [1.82, 2.24) is 0 Å². The third-order valence-electron chi connectivity index (χ3n) is 1.27. The molecule has 0 saturated carbocycles. The van der Waals surface area contributed by atoms with Gasteiger partial charge in [0, 0.05) is 6.92 Å². The summed E-state index contributed by atoms with van der Waals surface area (Å²) in [6.07, 6.45) is 7.57. The van der Waals surface area contributed by atoms with E-state index < -0.39 is 0 Å². The maximum Gasteiger partial charge on any atom is 0.109 e. The monoisotopic (exact) mass is 140 g/mol. The number of rotatable bonds is 5. The first-order valence-corrected chi connectivity index (χ1v) is 3.95. The van der Waals surface area contributed by atoms with Crippen molar-refractivity contribution in [1.29, 1.82) is 0 Å². The van der Waals surface area contributed by atoms with E-state index in [9.17, 15) is 0 Å². The van der Waals surface area contributed by atoms with Gasteiger partial charge in [0.2, 0.25) is 0 Å². The van der Waals surface area contributed by atoms with E-state index in [1.165, 1.54) is 19.3 Å². The van der Waals surface area contributed by atoms with Gasteiger partial charge in [0.05, 0.1) is 0 Å². The van der Waals surface area contributed by atoms with Crippen LogP contribution in [0.15, 0.2) is 0 Å². The van der Waals surface area contributed by atoms with Crippen LogP contribution in [-0.2, 0) is 4.74 Å². The number of hydrogen-bond acceptors (Lipinski definition) is 1. The SMILES string of the molecule is CC#COCCCCCC. The van der Waals surface area contributed by atoms with Crippen LogP contribution in [0.1, 0.15) is 39.5 Å². The highest BCUT2D eigenvalue weighted by atomic mass is 16.5. The first-order chi connectivity index (χ1) is 4.91. The molecule has 10 heavy (non-hydrogen) atoms. The predicted octanol–water partition coefficient (Wildman–Crippen LogP) is 2.56. The summed E-state index contributed by atoms with van der Waals surface area (Å²) < 4.78 is 4.97. The second kappa shape index (κ2) is 8.36. The summed E-state index contributed by atoms with van der Waals surface area (Å²) in [5, 5.41) is 0. The van der Waals surface area contributed by atoms with E-state index in [0.717, 1.165) is 13.0 Å². The van der Waals surface area contributed by atoms with Gasteiger partial charge in [-0.05, 0) is 6.42 Å². The van der Waals surface area contributed by atoms with Crippen molar-refractivity contribution in [2.75, 3.05) is 6.61 Å². The van der Waals surface area contributed by atoms with Gasteiger partial charge in [0.15, 0.2) is 0 Å². The Morgan fingerprint density at radius 1 is 1.20 bits per heavy atom. The fourth-order valence-corrected chi connectivity index (χ4v) is 0.724. The lowest BCUT2D eigenvalue weighted by atomic mass is 10.2. The molecule has 0 aliphatic heterocycles. The largest absolute Gasteiger partial charge is 0.447 e. The Hall–Kier alpha value is -0.640. The maximum absolute atomic E-state index is 4.97. The van der Waals surface area contributed by atoms with Crippen LogP contribution in [-0.4, -0.2) is 6.61 Å². The second-order valence-electron chi connectivity index (χ2n) is 2.26. The Morgan fingerprint density at radius 2 is 2.00 bits per heavy atom. The molecule has 0 bridgehead atoms. The minimum absolute atomic E-state index is 0.792. The third kappa shape index (κ3) is 7.36. The molecule has 1 heteroatoms. The fraction of sp³-hybridized carbons (Fsp3) is 0.778. The summed E-state index contributed by atoms with van der Waals surface area (Å²) >= 11 is 0. The third-order valence-corrected chi connectivity index (χ3v) is 1.27.